The van der Waals surface area contributed by atoms with Gasteiger partial charge in [0.2, 0.25) is 4.58 Å². The molecule has 0 spiro atoms. The highest BCUT2D eigenvalue weighted by atomic mass is 32.3. The minimum absolute atomic E-state index is 0.0966. The summed E-state index contributed by atoms with van der Waals surface area (Å²) in [5.74, 6) is 0.572. The molecule has 0 bridgehead atoms. The van der Waals surface area contributed by atoms with Crippen molar-refractivity contribution in [2.75, 3.05) is 6.26 Å². The van der Waals surface area contributed by atoms with Gasteiger partial charge in [-0.05, 0) is 77.7 Å². The Labute approximate surface area is 484 Å². The molecule has 0 aromatic heterocycles. The number of halogens is 15. The molecule has 5 unspecified atom stereocenters. The highest BCUT2D eigenvalue weighted by Crippen LogP contribution is 2.46. The summed E-state index contributed by atoms with van der Waals surface area (Å²) >= 11 is 0. The molecule has 84 heavy (non-hydrogen) atoms. The van der Waals surface area contributed by atoms with Gasteiger partial charge in [-0.15, -0.1) is 0 Å². The summed E-state index contributed by atoms with van der Waals surface area (Å²) < 4.78 is 323. The predicted octanol–water partition coefficient (Wildman–Crippen LogP) is 13.4. The third-order valence-corrected chi connectivity index (χ3v) is 36.5. The van der Waals surface area contributed by atoms with E-state index in [0.29, 0.717) is 47.5 Å². The molecule has 35 heteroatoms. The van der Waals surface area contributed by atoms with Crippen LogP contribution in [0.4, 0.5) is 65.9 Å². The molecule has 0 saturated carbocycles. The van der Waals surface area contributed by atoms with Crippen LogP contribution in [-0.2, 0) is 59.0 Å². The van der Waals surface area contributed by atoms with Crippen LogP contribution >= 0.6 is 0 Å². The van der Waals surface area contributed by atoms with Crippen LogP contribution in [0.15, 0.2) is 72.8 Å². The topological polar surface area (TPSA) is 205 Å². The molecule has 3 aromatic carbocycles. The lowest BCUT2D eigenvalue weighted by atomic mass is 9.98. The van der Waals surface area contributed by atoms with Crippen molar-refractivity contribution < 1.29 is 116 Å². The van der Waals surface area contributed by atoms with Crippen LogP contribution in [0.5, 0.6) is 0 Å². The standard InChI is InChI=1S/C18H26F6O4S2Si.C18H29F3O4S2Si.C13H14F6O4S2/c1-6-12(2)14-7-9-15(10-8-14)31(4,5)13(3)11-16(29(25,26)17(19,20)21)30(27,28)18(22,23)24;1-6-14(2)15-9-11-16(12-10-15)28(4,5)13-7-8-17(26(3,22)23)27(24,25)18(19,20)21;1-3-8(2)9-4-6-10(7-5-9)11(24(20,21)12(14,15)16)25(22,23)13(17,18)19/h7-10,12-13,16H,6,11H2,1-5H3;9-12,14,17H,6-8,13H2,1-5H3;4-8,11H,3H2,1-2H3. The lowest BCUT2D eigenvalue weighted by molar-refractivity contribution is -0.0484. The molecule has 5 atom stereocenters. The fourth-order valence-electron chi connectivity index (χ4n) is 8.15. The monoisotopic (exact) mass is 1380 g/mol. The molecule has 0 radical (unpaired) electrons. The summed E-state index contributed by atoms with van der Waals surface area (Å²) in [7, 11) is -41.7. The van der Waals surface area contributed by atoms with Crippen molar-refractivity contribution in [1.82, 2.24) is 0 Å². The molecule has 12 nitrogen and oxygen atoms in total. The lowest BCUT2D eigenvalue weighted by Crippen LogP contribution is -2.50. The Morgan fingerprint density at radius 1 is 0.393 bits per heavy atom. The normalized spacial score (nSPS) is 16.0. The van der Waals surface area contributed by atoms with Crippen molar-refractivity contribution in [3.8, 4) is 0 Å². The fraction of sp³-hybridized carbons (Fsp3) is 0.633. The van der Waals surface area contributed by atoms with E-state index in [0.717, 1.165) is 35.7 Å². The van der Waals surface area contributed by atoms with Crippen LogP contribution in [0, 0.1) is 0 Å². The van der Waals surface area contributed by atoms with E-state index in [1.807, 2.05) is 51.2 Å². The van der Waals surface area contributed by atoms with Gasteiger partial charge < -0.3 is 0 Å². The number of alkyl halides is 15. The summed E-state index contributed by atoms with van der Waals surface area (Å²) in [6.07, 6.45) is 1.25. The molecule has 0 heterocycles. The van der Waals surface area contributed by atoms with Crippen LogP contribution in [-0.4, -0.2) is 110 Å². The van der Waals surface area contributed by atoms with Gasteiger partial charge in [-0.1, -0.05) is 170 Å². The first-order valence-corrected chi connectivity index (χ1v) is 41.3. The first-order valence-electron chi connectivity index (χ1n) is 25.3. The molecule has 0 N–H and O–H groups in total. The number of sulfone groups is 6. The smallest absolute Gasteiger partial charge is 0.228 e. The van der Waals surface area contributed by atoms with E-state index in [4.69, 9.17) is 0 Å². The van der Waals surface area contributed by atoms with Crippen molar-refractivity contribution >= 4 is 85.5 Å². The van der Waals surface area contributed by atoms with Crippen molar-refractivity contribution in [2.24, 2.45) is 0 Å². The zero-order valence-corrected chi connectivity index (χ0v) is 54.3. The Balaban J connectivity index is 0.000000634. The van der Waals surface area contributed by atoms with E-state index < -0.39 is 140 Å². The van der Waals surface area contributed by atoms with Crippen LogP contribution in [0.1, 0.15) is 132 Å². The zero-order chi connectivity index (χ0) is 66.4. The summed E-state index contributed by atoms with van der Waals surface area (Å²) in [6, 6.07) is 19.2. The Morgan fingerprint density at radius 3 is 0.929 bits per heavy atom. The zero-order valence-electron chi connectivity index (χ0n) is 47.4. The SMILES string of the molecule is CCC(C)c1ccc(C(S(=O)(=O)C(F)(F)F)S(=O)(=O)C(F)(F)F)cc1.CCC(C)c1ccc([Si](C)(C)C(C)CC(S(=O)(=O)C(F)(F)F)S(=O)(=O)C(F)(F)F)cc1.CCC(C)c1ccc([Si](C)(C)CCCC(S(C)(=O)=O)S(=O)(=O)C(F)(F)F)cc1. The van der Waals surface area contributed by atoms with Crippen molar-refractivity contribution in [1.29, 1.82) is 0 Å². The van der Waals surface area contributed by atoms with E-state index in [-0.39, 0.29) is 18.3 Å². The third-order valence-electron chi connectivity index (χ3n) is 14.8. The van der Waals surface area contributed by atoms with Crippen LogP contribution in [0.25, 0.3) is 0 Å². The third kappa shape index (κ3) is 18.9. The summed E-state index contributed by atoms with van der Waals surface area (Å²) in [6.45, 7) is 20.4. The highest BCUT2D eigenvalue weighted by Gasteiger charge is 2.65. The van der Waals surface area contributed by atoms with E-state index in [2.05, 4.69) is 13.8 Å². The van der Waals surface area contributed by atoms with Gasteiger partial charge in [0.15, 0.2) is 19.0 Å². The van der Waals surface area contributed by atoms with Gasteiger partial charge >= 0.3 is 27.5 Å². The van der Waals surface area contributed by atoms with Gasteiger partial charge in [0.05, 0.1) is 16.1 Å². The van der Waals surface area contributed by atoms with Crippen LogP contribution in [0.2, 0.25) is 37.8 Å². The number of benzene rings is 3. The number of hydrogen-bond acceptors (Lipinski definition) is 12. The van der Waals surface area contributed by atoms with Crippen molar-refractivity contribution in [3.63, 3.8) is 0 Å². The molecule has 0 aliphatic rings. The van der Waals surface area contributed by atoms with Gasteiger partial charge in [-0.2, -0.15) is 65.9 Å². The largest absolute Gasteiger partial charge is 0.499 e. The first kappa shape index (κ1) is 78.8. The Bertz CT molecular complexity index is 3260. The van der Waals surface area contributed by atoms with E-state index >= 15 is 0 Å². The molecular formula is C49H69F15O12S6Si2. The quantitative estimate of drug-likeness (QED) is 0.0681. The number of hydrogen-bond donors (Lipinski definition) is 0. The van der Waals surface area contributed by atoms with Gasteiger partial charge in [-0.25, -0.2) is 50.5 Å². The predicted molar refractivity (Wildman–Crippen MR) is 298 cm³/mol. The minimum atomic E-state index is -6.68. The second-order valence-electron chi connectivity index (χ2n) is 21.4. The fourth-order valence-corrected chi connectivity index (χ4v) is 24.1. The molecule has 3 rings (SSSR count). The minimum Gasteiger partial charge on any atom is -0.228 e. The van der Waals surface area contributed by atoms with E-state index in [9.17, 15) is 116 Å². The maximum absolute atomic E-state index is 13.0. The summed E-state index contributed by atoms with van der Waals surface area (Å²) in [5, 5.41) is 1.77. The molecule has 0 aliphatic heterocycles. The summed E-state index contributed by atoms with van der Waals surface area (Å²) in [5.41, 5.74) is -29.6. The van der Waals surface area contributed by atoms with E-state index in [1.165, 1.54) is 12.5 Å². The van der Waals surface area contributed by atoms with Gasteiger partial charge in [0.25, 0.3) is 49.2 Å². The van der Waals surface area contributed by atoms with Gasteiger partial charge in [0, 0.05) is 6.26 Å². The molecule has 0 aliphatic carbocycles. The van der Waals surface area contributed by atoms with Crippen LogP contribution in [0.3, 0.4) is 0 Å². The highest BCUT2D eigenvalue weighted by molar-refractivity contribution is 8.10. The molecule has 0 saturated heterocycles. The molecule has 0 fully saturated rings. The molecule has 0 amide bonds. The summed E-state index contributed by atoms with van der Waals surface area (Å²) in [4.78, 5) is 0. The molecular weight excluding hydrogens is 1310 g/mol. The molecule has 486 valence electrons. The Kier molecular flexibility index (Phi) is 26.3. The Morgan fingerprint density at radius 2 is 0.655 bits per heavy atom. The van der Waals surface area contributed by atoms with Gasteiger partial charge in [-0.3, -0.25) is 0 Å². The van der Waals surface area contributed by atoms with Crippen LogP contribution < -0.4 is 10.4 Å². The molecule has 3 aromatic rings. The maximum Gasteiger partial charge on any atom is 0.499 e. The van der Waals surface area contributed by atoms with E-state index in [1.54, 1.807) is 51.2 Å². The van der Waals surface area contributed by atoms with Gasteiger partial charge in [0.1, 0.15) is 0 Å². The maximum atomic E-state index is 13.0. The lowest BCUT2D eigenvalue weighted by Gasteiger charge is -2.33. The van der Waals surface area contributed by atoms with Crippen molar-refractivity contribution in [3.05, 3.63) is 95.1 Å². The second-order valence-corrected chi connectivity index (χ2v) is 44.8. The average molecular weight is 1380 g/mol. The van der Waals surface area contributed by atoms with Crippen molar-refractivity contribution in [2.45, 2.75) is 184 Å². The second kappa shape index (κ2) is 28.1. The Hall–Kier alpha value is -3.26. The number of rotatable bonds is 22. The first-order chi connectivity index (χ1) is 37.3. The average Bonchev–Trinajstić information content (AvgIpc) is 3.34.